The van der Waals surface area contributed by atoms with E-state index in [0.29, 0.717) is 5.69 Å². The SMILES string of the molecule is C[C@H](C(=O)Nc1ccccc1F)n1ncc(-c2ccccc2)nc1=O. The molecule has 1 N–H and O–H groups in total. The van der Waals surface area contributed by atoms with Gasteiger partial charge in [-0.15, -0.1) is 0 Å². The molecule has 1 aromatic heterocycles. The molecular formula is C18H15FN4O2. The summed E-state index contributed by atoms with van der Waals surface area (Å²) in [5.41, 5.74) is 0.560. The van der Waals surface area contributed by atoms with Crippen LogP contribution < -0.4 is 11.0 Å². The highest BCUT2D eigenvalue weighted by atomic mass is 19.1. The second kappa shape index (κ2) is 7.04. The molecule has 0 aliphatic carbocycles. The number of halogens is 1. The van der Waals surface area contributed by atoms with Gasteiger partial charge in [-0.1, -0.05) is 42.5 Å². The average Bonchev–Trinajstić information content (AvgIpc) is 2.63. The molecule has 0 saturated heterocycles. The number of hydrogen-bond acceptors (Lipinski definition) is 4. The Hall–Kier alpha value is -3.35. The maximum Gasteiger partial charge on any atom is 0.365 e. The van der Waals surface area contributed by atoms with Crippen LogP contribution in [0.1, 0.15) is 13.0 Å². The van der Waals surface area contributed by atoms with Crippen LogP contribution in [0, 0.1) is 5.82 Å². The number of anilines is 1. The number of aromatic nitrogens is 3. The second-order valence-corrected chi connectivity index (χ2v) is 5.38. The molecule has 0 radical (unpaired) electrons. The lowest BCUT2D eigenvalue weighted by Crippen LogP contribution is -2.35. The third-order valence-electron chi connectivity index (χ3n) is 3.66. The van der Waals surface area contributed by atoms with E-state index in [1.54, 1.807) is 6.07 Å². The van der Waals surface area contributed by atoms with Crippen LogP contribution in [-0.4, -0.2) is 20.7 Å². The minimum atomic E-state index is -0.940. The van der Waals surface area contributed by atoms with E-state index < -0.39 is 23.5 Å². The summed E-state index contributed by atoms with van der Waals surface area (Å²) >= 11 is 0. The maximum absolute atomic E-state index is 13.6. The predicted molar refractivity (Wildman–Crippen MR) is 91.5 cm³/mol. The molecule has 0 spiro atoms. The lowest BCUT2D eigenvalue weighted by Gasteiger charge is -2.14. The zero-order valence-corrected chi connectivity index (χ0v) is 13.4. The first kappa shape index (κ1) is 16.5. The molecule has 3 rings (SSSR count). The van der Waals surface area contributed by atoms with Crippen LogP contribution in [0.2, 0.25) is 0 Å². The van der Waals surface area contributed by atoms with Crippen molar-refractivity contribution in [2.24, 2.45) is 0 Å². The summed E-state index contributed by atoms with van der Waals surface area (Å²) in [5, 5.41) is 6.47. The standard InChI is InChI=1S/C18H15FN4O2/c1-12(17(24)21-15-10-6-5-9-14(15)19)23-18(25)22-16(11-20-23)13-7-3-2-4-8-13/h2-12H,1H3,(H,21,24)/t12-/m1/s1. The Morgan fingerprint density at radius 3 is 2.48 bits per heavy atom. The van der Waals surface area contributed by atoms with Crippen molar-refractivity contribution in [2.45, 2.75) is 13.0 Å². The van der Waals surface area contributed by atoms with E-state index >= 15 is 0 Å². The van der Waals surface area contributed by atoms with Crippen molar-refractivity contribution in [3.05, 3.63) is 77.1 Å². The van der Waals surface area contributed by atoms with Gasteiger partial charge in [-0.25, -0.2) is 13.9 Å². The number of nitrogens with zero attached hydrogens (tertiary/aromatic N) is 3. The van der Waals surface area contributed by atoms with Crippen molar-refractivity contribution in [3.8, 4) is 11.3 Å². The van der Waals surface area contributed by atoms with Crippen molar-refractivity contribution in [1.82, 2.24) is 14.8 Å². The summed E-state index contributed by atoms with van der Waals surface area (Å²) in [6, 6.07) is 14.0. The lowest BCUT2D eigenvalue weighted by molar-refractivity contribution is -0.119. The van der Waals surface area contributed by atoms with Gasteiger partial charge in [-0.3, -0.25) is 4.79 Å². The molecule has 6 nitrogen and oxygen atoms in total. The van der Waals surface area contributed by atoms with E-state index in [2.05, 4.69) is 15.4 Å². The molecule has 2 aromatic carbocycles. The Bertz CT molecular complexity index is 957. The van der Waals surface area contributed by atoms with E-state index in [1.807, 2.05) is 30.3 Å². The summed E-state index contributed by atoms with van der Waals surface area (Å²) in [6.07, 6.45) is 1.42. The van der Waals surface area contributed by atoms with Crippen LogP contribution in [0.3, 0.4) is 0 Å². The number of nitrogens with one attached hydrogen (secondary N) is 1. The molecule has 3 aromatic rings. The summed E-state index contributed by atoms with van der Waals surface area (Å²) < 4.78 is 14.6. The molecule has 126 valence electrons. The molecule has 25 heavy (non-hydrogen) atoms. The first-order valence-electron chi connectivity index (χ1n) is 7.63. The lowest BCUT2D eigenvalue weighted by atomic mass is 10.2. The Morgan fingerprint density at radius 2 is 1.80 bits per heavy atom. The van der Waals surface area contributed by atoms with Crippen molar-refractivity contribution in [3.63, 3.8) is 0 Å². The molecule has 1 amide bonds. The quantitative estimate of drug-likeness (QED) is 0.793. The zero-order valence-electron chi connectivity index (χ0n) is 13.4. The summed E-state index contributed by atoms with van der Waals surface area (Å²) in [5.74, 6) is -1.12. The first-order chi connectivity index (χ1) is 12.1. The van der Waals surface area contributed by atoms with E-state index in [-0.39, 0.29) is 5.69 Å². The number of hydrogen-bond donors (Lipinski definition) is 1. The molecule has 7 heteroatoms. The number of amides is 1. The van der Waals surface area contributed by atoms with Gasteiger partial charge in [0.2, 0.25) is 5.91 Å². The molecule has 1 atom stereocenters. The molecule has 1 heterocycles. The van der Waals surface area contributed by atoms with E-state index in [9.17, 15) is 14.0 Å². The number of benzene rings is 2. The number of carbonyl (C=O) groups is 1. The first-order valence-corrected chi connectivity index (χ1v) is 7.63. The average molecular weight is 338 g/mol. The van der Waals surface area contributed by atoms with Gasteiger partial charge in [0.05, 0.1) is 17.6 Å². The molecule has 0 aliphatic heterocycles. The highest BCUT2D eigenvalue weighted by Crippen LogP contribution is 2.16. The van der Waals surface area contributed by atoms with Crippen molar-refractivity contribution in [2.75, 3.05) is 5.32 Å². The maximum atomic E-state index is 13.6. The highest BCUT2D eigenvalue weighted by Gasteiger charge is 2.19. The zero-order chi connectivity index (χ0) is 17.8. The monoisotopic (exact) mass is 338 g/mol. The Labute approximate surface area is 143 Å². The van der Waals surface area contributed by atoms with E-state index in [0.717, 1.165) is 10.2 Å². The molecule has 0 aliphatic rings. The Morgan fingerprint density at radius 1 is 1.12 bits per heavy atom. The molecule has 0 saturated carbocycles. The highest BCUT2D eigenvalue weighted by molar-refractivity contribution is 5.93. The fraction of sp³-hybridized carbons (Fsp3) is 0.111. The van der Waals surface area contributed by atoms with Crippen molar-refractivity contribution < 1.29 is 9.18 Å². The molecule has 0 unspecified atom stereocenters. The van der Waals surface area contributed by atoms with Crippen molar-refractivity contribution in [1.29, 1.82) is 0 Å². The van der Waals surface area contributed by atoms with Gasteiger partial charge >= 0.3 is 5.69 Å². The predicted octanol–water partition coefficient (Wildman–Crippen LogP) is 2.64. The topological polar surface area (TPSA) is 76.9 Å². The van der Waals surface area contributed by atoms with Crippen LogP contribution in [0.25, 0.3) is 11.3 Å². The van der Waals surface area contributed by atoms with Crippen LogP contribution in [-0.2, 0) is 4.79 Å². The largest absolute Gasteiger partial charge is 0.365 e. The number of para-hydroxylation sites is 1. The Kier molecular flexibility index (Phi) is 4.65. The summed E-state index contributed by atoms with van der Waals surface area (Å²) in [6.45, 7) is 1.49. The van der Waals surface area contributed by atoms with Crippen molar-refractivity contribution >= 4 is 11.6 Å². The van der Waals surface area contributed by atoms with Gasteiger partial charge in [0, 0.05) is 5.56 Å². The molecule has 0 bridgehead atoms. The minimum absolute atomic E-state index is 0.0428. The fourth-order valence-electron chi connectivity index (χ4n) is 2.27. The van der Waals surface area contributed by atoms with Crippen LogP contribution in [0.5, 0.6) is 0 Å². The molecule has 0 fully saturated rings. The minimum Gasteiger partial charge on any atom is -0.322 e. The third-order valence-corrected chi connectivity index (χ3v) is 3.66. The second-order valence-electron chi connectivity index (χ2n) is 5.38. The summed E-state index contributed by atoms with van der Waals surface area (Å²) in [4.78, 5) is 28.4. The van der Waals surface area contributed by atoms with Gasteiger partial charge in [0.15, 0.2) is 0 Å². The smallest absolute Gasteiger partial charge is 0.322 e. The fourth-order valence-corrected chi connectivity index (χ4v) is 2.27. The van der Waals surface area contributed by atoms with Crippen LogP contribution in [0.15, 0.2) is 65.6 Å². The van der Waals surface area contributed by atoms with Crippen LogP contribution >= 0.6 is 0 Å². The molecular weight excluding hydrogens is 323 g/mol. The van der Waals surface area contributed by atoms with Gasteiger partial charge in [-0.05, 0) is 19.1 Å². The van der Waals surface area contributed by atoms with Gasteiger partial charge in [0.25, 0.3) is 0 Å². The number of carbonyl (C=O) groups excluding carboxylic acids is 1. The Balaban J connectivity index is 1.83. The van der Waals surface area contributed by atoms with Gasteiger partial charge in [-0.2, -0.15) is 10.1 Å². The van der Waals surface area contributed by atoms with Crippen LogP contribution in [0.4, 0.5) is 10.1 Å². The summed E-state index contributed by atoms with van der Waals surface area (Å²) in [7, 11) is 0. The third kappa shape index (κ3) is 3.60. The van der Waals surface area contributed by atoms with Gasteiger partial charge < -0.3 is 5.32 Å². The number of rotatable bonds is 4. The van der Waals surface area contributed by atoms with Gasteiger partial charge in [0.1, 0.15) is 11.9 Å². The van der Waals surface area contributed by atoms with E-state index in [4.69, 9.17) is 0 Å². The normalized spacial score (nSPS) is 11.8. The van der Waals surface area contributed by atoms with E-state index in [1.165, 1.54) is 31.3 Å².